The normalized spacial score (nSPS) is 12.6. The summed E-state index contributed by atoms with van der Waals surface area (Å²) in [6.07, 6.45) is 4.76. The standard InChI is InChI=1S/C17H25N3/c1-4-6-9-13(5-2)16-15(17(18)20-19-16)14-10-7-8-12(3)11-14/h7-8,10-11,13H,4-6,9H2,1-3H3,(H3,18,19,20). The maximum absolute atomic E-state index is 6.10. The number of unbranched alkanes of at least 4 members (excludes halogenated alkanes) is 1. The first kappa shape index (κ1) is 14.6. The molecule has 3 nitrogen and oxygen atoms in total. The molecule has 1 unspecified atom stereocenters. The minimum absolute atomic E-state index is 0.510. The van der Waals surface area contributed by atoms with Crippen molar-refractivity contribution in [3.8, 4) is 11.1 Å². The third-order valence-corrected chi connectivity index (χ3v) is 3.94. The van der Waals surface area contributed by atoms with Crippen LogP contribution in [0.25, 0.3) is 11.1 Å². The van der Waals surface area contributed by atoms with Crippen LogP contribution in [0.2, 0.25) is 0 Å². The SMILES string of the molecule is CCCCC(CC)c1[nH]nc(N)c1-c1cccc(C)c1. The van der Waals surface area contributed by atoms with Crippen molar-refractivity contribution in [3.63, 3.8) is 0 Å². The van der Waals surface area contributed by atoms with Gasteiger partial charge in [-0.05, 0) is 25.3 Å². The number of anilines is 1. The van der Waals surface area contributed by atoms with Crippen molar-refractivity contribution in [2.45, 2.75) is 52.4 Å². The van der Waals surface area contributed by atoms with Gasteiger partial charge in [-0.1, -0.05) is 56.5 Å². The van der Waals surface area contributed by atoms with Gasteiger partial charge < -0.3 is 5.73 Å². The van der Waals surface area contributed by atoms with Crippen LogP contribution in [0.15, 0.2) is 24.3 Å². The number of hydrogen-bond acceptors (Lipinski definition) is 2. The second-order valence-corrected chi connectivity index (χ2v) is 5.51. The highest BCUT2D eigenvalue weighted by atomic mass is 15.2. The zero-order chi connectivity index (χ0) is 14.5. The van der Waals surface area contributed by atoms with Gasteiger partial charge in [0.05, 0.1) is 0 Å². The number of aromatic nitrogens is 2. The first-order chi connectivity index (χ1) is 9.67. The number of nitrogens with one attached hydrogen (secondary N) is 1. The molecule has 108 valence electrons. The zero-order valence-electron chi connectivity index (χ0n) is 12.7. The molecule has 3 heteroatoms. The predicted molar refractivity (Wildman–Crippen MR) is 85.7 cm³/mol. The average molecular weight is 271 g/mol. The van der Waals surface area contributed by atoms with E-state index in [9.17, 15) is 0 Å². The van der Waals surface area contributed by atoms with Crippen molar-refractivity contribution in [1.82, 2.24) is 10.2 Å². The van der Waals surface area contributed by atoms with Crippen LogP contribution in [-0.2, 0) is 0 Å². The maximum Gasteiger partial charge on any atom is 0.153 e. The van der Waals surface area contributed by atoms with E-state index in [2.05, 4.69) is 55.2 Å². The molecule has 0 saturated heterocycles. The van der Waals surface area contributed by atoms with E-state index < -0.39 is 0 Å². The Morgan fingerprint density at radius 1 is 1.30 bits per heavy atom. The molecule has 0 fully saturated rings. The van der Waals surface area contributed by atoms with E-state index in [-0.39, 0.29) is 0 Å². The van der Waals surface area contributed by atoms with Crippen molar-refractivity contribution in [2.75, 3.05) is 5.73 Å². The van der Waals surface area contributed by atoms with E-state index in [1.807, 2.05) is 0 Å². The molecule has 1 heterocycles. The fraction of sp³-hybridized carbons (Fsp3) is 0.471. The van der Waals surface area contributed by atoms with Crippen LogP contribution < -0.4 is 5.73 Å². The van der Waals surface area contributed by atoms with Crippen molar-refractivity contribution >= 4 is 5.82 Å². The third-order valence-electron chi connectivity index (χ3n) is 3.94. The Labute approximate surface area is 121 Å². The summed E-state index contributed by atoms with van der Waals surface area (Å²) >= 11 is 0. The first-order valence-corrected chi connectivity index (χ1v) is 7.58. The number of nitrogen functional groups attached to an aromatic ring is 1. The Kier molecular flexibility index (Phi) is 4.83. The van der Waals surface area contributed by atoms with Crippen LogP contribution in [-0.4, -0.2) is 10.2 Å². The number of aryl methyl sites for hydroxylation is 1. The quantitative estimate of drug-likeness (QED) is 0.803. The summed E-state index contributed by atoms with van der Waals surface area (Å²) in [5, 5.41) is 7.43. The minimum Gasteiger partial charge on any atom is -0.382 e. The van der Waals surface area contributed by atoms with Gasteiger partial charge in [-0.25, -0.2) is 0 Å². The second kappa shape index (κ2) is 6.60. The summed E-state index contributed by atoms with van der Waals surface area (Å²) in [6.45, 7) is 6.57. The van der Waals surface area contributed by atoms with Crippen LogP contribution in [0.3, 0.4) is 0 Å². The molecule has 0 spiro atoms. The van der Waals surface area contributed by atoms with Gasteiger partial charge in [0, 0.05) is 17.2 Å². The van der Waals surface area contributed by atoms with E-state index in [1.54, 1.807) is 0 Å². The zero-order valence-corrected chi connectivity index (χ0v) is 12.7. The van der Waals surface area contributed by atoms with Gasteiger partial charge in [-0.2, -0.15) is 5.10 Å². The molecule has 20 heavy (non-hydrogen) atoms. The number of nitrogens with two attached hydrogens (primary N) is 1. The minimum atomic E-state index is 0.510. The van der Waals surface area contributed by atoms with Gasteiger partial charge >= 0.3 is 0 Å². The van der Waals surface area contributed by atoms with Gasteiger partial charge in [0.1, 0.15) is 0 Å². The number of aromatic amines is 1. The molecule has 0 amide bonds. The molecule has 0 saturated carbocycles. The number of nitrogens with zero attached hydrogens (tertiary/aromatic N) is 1. The smallest absolute Gasteiger partial charge is 0.153 e. The Morgan fingerprint density at radius 2 is 2.10 bits per heavy atom. The van der Waals surface area contributed by atoms with Crippen molar-refractivity contribution < 1.29 is 0 Å². The van der Waals surface area contributed by atoms with Gasteiger partial charge in [0.25, 0.3) is 0 Å². The Bertz CT molecular complexity index is 557. The summed E-state index contributed by atoms with van der Waals surface area (Å²) in [5.41, 5.74) is 10.8. The van der Waals surface area contributed by atoms with Gasteiger partial charge in [-0.3, -0.25) is 5.10 Å². The summed E-state index contributed by atoms with van der Waals surface area (Å²) in [7, 11) is 0. The molecule has 0 aliphatic heterocycles. The van der Waals surface area contributed by atoms with Gasteiger partial charge in [0.2, 0.25) is 0 Å². The molecule has 2 rings (SSSR count). The summed E-state index contributed by atoms with van der Waals surface area (Å²) in [4.78, 5) is 0. The maximum atomic E-state index is 6.10. The summed E-state index contributed by atoms with van der Waals surface area (Å²) in [5.74, 6) is 1.12. The van der Waals surface area contributed by atoms with Crippen LogP contribution >= 0.6 is 0 Å². The molecule has 3 N–H and O–H groups in total. The van der Waals surface area contributed by atoms with Crippen LogP contribution in [0, 0.1) is 6.92 Å². The Morgan fingerprint density at radius 3 is 2.75 bits per heavy atom. The largest absolute Gasteiger partial charge is 0.382 e. The van der Waals surface area contributed by atoms with Crippen LogP contribution in [0.4, 0.5) is 5.82 Å². The molecule has 0 bridgehead atoms. The molecular weight excluding hydrogens is 246 g/mol. The van der Waals surface area contributed by atoms with Crippen molar-refractivity contribution in [3.05, 3.63) is 35.5 Å². The molecular formula is C17H25N3. The average Bonchev–Trinajstić information content (AvgIpc) is 2.82. The van der Waals surface area contributed by atoms with E-state index in [1.165, 1.54) is 36.1 Å². The molecule has 0 aliphatic carbocycles. The highest BCUT2D eigenvalue weighted by Gasteiger charge is 2.19. The van der Waals surface area contributed by atoms with Gasteiger partial charge in [-0.15, -0.1) is 0 Å². The van der Waals surface area contributed by atoms with Crippen molar-refractivity contribution in [2.24, 2.45) is 0 Å². The monoisotopic (exact) mass is 271 g/mol. The predicted octanol–water partition coefficient (Wildman–Crippen LogP) is 4.65. The van der Waals surface area contributed by atoms with E-state index in [0.717, 1.165) is 12.0 Å². The fourth-order valence-electron chi connectivity index (χ4n) is 2.77. The molecule has 0 aliphatic rings. The fourth-order valence-corrected chi connectivity index (χ4v) is 2.77. The third kappa shape index (κ3) is 3.03. The van der Waals surface area contributed by atoms with Crippen LogP contribution in [0.1, 0.15) is 56.7 Å². The topological polar surface area (TPSA) is 54.7 Å². The number of rotatable bonds is 6. The Balaban J connectivity index is 2.40. The molecule has 2 aromatic rings. The lowest BCUT2D eigenvalue weighted by molar-refractivity contribution is 0.557. The highest BCUT2D eigenvalue weighted by Crippen LogP contribution is 2.36. The Hall–Kier alpha value is -1.77. The first-order valence-electron chi connectivity index (χ1n) is 7.58. The number of hydrogen-bond donors (Lipinski definition) is 2. The summed E-state index contributed by atoms with van der Waals surface area (Å²) < 4.78 is 0. The van der Waals surface area contributed by atoms with Crippen molar-refractivity contribution in [1.29, 1.82) is 0 Å². The summed E-state index contributed by atoms with van der Waals surface area (Å²) in [6, 6.07) is 8.48. The number of benzene rings is 1. The van der Waals surface area contributed by atoms with E-state index in [0.29, 0.717) is 11.7 Å². The molecule has 1 aromatic heterocycles. The van der Waals surface area contributed by atoms with Crippen LogP contribution in [0.5, 0.6) is 0 Å². The van der Waals surface area contributed by atoms with Gasteiger partial charge in [0.15, 0.2) is 5.82 Å². The van der Waals surface area contributed by atoms with E-state index >= 15 is 0 Å². The molecule has 1 atom stereocenters. The second-order valence-electron chi connectivity index (χ2n) is 5.51. The van der Waals surface area contributed by atoms with E-state index in [4.69, 9.17) is 5.73 Å². The lowest BCUT2D eigenvalue weighted by atomic mass is 9.90. The lowest BCUT2D eigenvalue weighted by Crippen LogP contribution is -2.00. The molecule has 1 aromatic carbocycles. The number of H-pyrrole nitrogens is 1. The highest BCUT2D eigenvalue weighted by molar-refractivity contribution is 5.77. The lowest BCUT2D eigenvalue weighted by Gasteiger charge is -2.15. The molecule has 0 radical (unpaired) electrons.